The molecule has 0 aliphatic rings. The summed E-state index contributed by atoms with van der Waals surface area (Å²) < 4.78 is 0. The zero-order valence-electron chi connectivity index (χ0n) is 9.78. The van der Waals surface area contributed by atoms with Crippen LogP contribution >= 0.6 is 12.2 Å². The van der Waals surface area contributed by atoms with Crippen LogP contribution in [0.3, 0.4) is 0 Å². The smallest absolute Gasteiger partial charge is 0.226 e. The van der Waals surface area contributed by atoms with Gasteiger partial charge in [0, 0.05) is 26.1 Å². The van der Waals surface area contributed by atoms with E-state index >= 15 is 0 Å². The van der Waals surface area contributed by atoms with Crippen LogP contribution in [0, 0.1) is 0 Å². The first kappa shape index (κ1) is 14.8. The van der Waals surface area contributed by atoms with E-state index in [2.05, 4.69) is 17.5 Å². The highest BCUT2D eigenvalue weighted by molar-refractivity contribution is 7.80. The highest BCUT2D eigenvalue weighted by atomic mass is 32.1. The van der Waals surface area contributed by atoms with Crippen molar-refractivity contribution in [3.8, 4) is 0 Å². The van der Waals surface area contributed by atoms with Crippen molar-refractivity contribution in [1.82, 2.24) is 10.2 Å². The van der Waals surface area contributed by atoms with E-state index in [1.807, 2.05) is 13.8 Å². The number of hydrogen-bond donors (Lipinski definition) is 2. The zero-order valence-corrected chi connectivity index (χ0v) is 10.6. The third kappa shape index (κ3) is 6.34. The lowest BCUT2D eigenvalue weighted by molar-refractivity contribution is -0.130. The lowest BCUT2D eigenvalue weighted by atomic mass is 10.3. The quantitative estimate of drug-likeness (QED) is 0.621. The molecular formula is C10H19N3O2S. The highest BCUT2D eigenvalue weighted by Crippen LogP contribution is 1.92. The molecule has 0 aliphatic heterocycles. The Morgan fingerprint density at radius 2 is 1.88 bits per heavy atom. The molecule has 0 unspecified atom stereocenters. The van der Waals surface area contributed by atoms with Gasteiger partial charge < -0.3 is 16.0 Å². The summed E-state index contributed by atoms with van der Waals surface area (Å²) in [5, 5.41) is 2.59. The Labute approximate surface area is 101 Å². The van der Waals surface area contributed by atoms with Crippen LogP contribution in [-0.4, -0.2) is 41.3 Å². The maximum atomic E-state index is 11.5. The number of nitrogens with two attached hydrogens (primary N) is 1. The van der Waals surface area contributed by atoms with Crippen molar-refractivity contribution in [3.63, 3.8) is 0 Å². The first-order chi connectivity index (χ1) is 7.51. The molecule has 0 rings (SSSR count). The molecule has 2 amide bonds. The van der Waals surface area contributed by atoms with Crippen molar-refractivity contribution in [2.45, 2.75) is 26.7 Å². The lowest BCUT2D eigenvalue weighted by Crippen LogP contribution is -2.35. The van der Waals surface area contributed by atoms with E-state index in [4.69, 9.17) is 5.73 Å². The Bertz CT molecular complexity index is 265. The van der Waals surface area contributed by atoms with Gasteiger partial charge in [-0.1, -0.05) is 12.2 Å². The van der Waals surface area contributed by atoms with Crippen LogP contribution in [0.5, 0.6) is 0 Å². The van der Waals surface area contributed by atoms with E-state index in [0.717, 1.165) is 0 Å². The van der Waals surface area contributed by atoms with Crippen LogP contribution in [0.15, 0.2) is 0 Å². The Balaban J connectivity index is 3.77. The first-order valence-electron chi connectivity index (χ1n) is 5.34. The number of nitrogens with zero attached hydrogens (tertiary/aromatic N) is 1. The third-order valence-electron chi connectivity index (χ3n) is 2.11. The maximum Gasteiger partial charge on any atom is 0.226 e. The molecule has 0 saturated heterocycles. The number of amides is 2. The van der Waals surface area contributed by atoms with Crippen LogP contribution in [-0.2, 0) is 9.59 Å². The number of carbonyl (C=O) groups excluding carboxylic acids is 2. The van der Waals surface area contributed by atoms with Crippen LogP contribution in [0.2, 0.25) is 0 Å². The summed E-state index contributed by atoms with van der Waals surface area (Å²) in [5.74, 6) is -0.194. The fourth-order valence-corrected chi connectivity index (χ4v) is 1.40. The van der Waals surface area contributed by atoms with E-state index in [9.17, 15) is 9.59 Å². The van der Waals surface area contributed by atoms with Crippen LogP contribution in [0.4, 0.5) is 0 Å². The summed E-state index contributed by atoms with van der Waals surface area (Å²) in [6, 6.07) is 0. The topological polar surface area (TPSA) is 75.4 Å². The second kappa shape index (κ2) is 8.04. The largest absolute Gasteiger partial charge is 0.393 e. The minimum Gasteiger partial charge on any atom is -0.393 e. The molecule has 0 heterocycles. The van der Waals surface area contributed by atoms with Crippen molar-refractivity contribution >= 4 is 29.0 Å². The summed E-state index contributed by atoms with van der Waals surface area (Å²) >= 11 is 4.59. The van der Waals surface area contributed by atoms with Crippen LogP contribution < -0.4 is 11.1 Å². The van der Waals surface area contributed by atoms with Gasteiger partial charge in [-0.2, -0.15) is 0 Å². The van der Waals surface area contributed by atoms with Crippen molar-refractivity contribution in [2.24, 2.45) is 5.73 Å². The number of nitrogens with one attached hydrogen (secondary N) is 1. The average Bonchev–Trinajstić information content (AvgIpc) is 2.18. The molecule has 0 saturated carbocycles. The molecule has 6 heteroatoms. The SMILES string of the molecule is CCN(CC)C(=O)CCNC(=O)CC(N)=S. The van der Waals surface area contributed by atoms with Crippen LogP contribution in [0.1, 0.15) is 26.7 Å². The number of thiocarbonyl (C=S) groups is 1. The summed E-state index contributed by atoms with van der Waals surface area (Å²) in [6.45, 7) is 5.56. The van der Waals surface area contributed by atoms with Gasteiger partial charge in [0.05, 0.1) is 11.4 Å². The minimum absolute atomic E-state index is 0.0365. The van der Waals surface area contributed by atoms with Gasteiger partial charge in [-0.05, 0) is 13.8 Å². The van der Waals surface area contributed by atoms with Gasteiger partial charge in [0.25, 0.3) is 0 Å². The molecule has 0 bridgehead atoms. The summed E-state index contributed by atoms with van der Waals surface area (Å²) in [6.07, 6.45) is 0.347. The fraction of sp³-hybridized carbons (Fsp3) is 0.700. The molecule has 0 atom stereocenters. The summed E-state index contributed by atoms with van der Waals surface area (Å²) in [4.78, 5) is 24.6. The summed E-state index contributed by atoms with van der Waals surface area (Å²) in [5.41, 5.74) is 5.21. The van der Waals surface area contributed by atoms with Crippen molar-refractivity contribution in [1.29, 1.82) is 0 Å². The van der Waals surface area contributed by atoms with Gasteiger partial charge in [0.15, 0.2) is 0 Å². The second-order valence-electron chi connectivity index (χ2n) is 3.31. The molecule has 0 aromatic rings. The standard InChI is InChI=1S/C10H19N3O2S/c1-3-13(4-2)10(15)5-6-12-9(14)7-8(11)16/h3-7H2,1-2H3,(H2,11,16)(H,12,14). The molecule has 0 spiro atoms. The average molecular weight is 245 g/mol. The van der Waals surface area contributed by atoms with Gasteiger partial charge in [0.2, 0.25) is 11.8 Å². The normalized spacial score (nSPS) is 9.62. The van der Waals surface area contributed by atoms with E-state index in [-0.39, 0.29) is 23.2 Å². The van der Waals surface area contributed by atoms with Gasteiger partial charge in [-0.15, -0.1) is 0 Å². The van der Waals surface area contributed by atoms with Crippen LogP contribution in [0.25, 0.3) is 0 Å². The maximum absolute atomic E-state index is 11.5. The summed E-state index contributed by atoms with van der Waals surface area (Å²) in [7, 11) is 0. The molecule has 0 aromatic carbocycles. The Kier molecular flexibility index (Phi) is 7.45. The Morgan fingerprint density at radius 3 is 2.31 bits per heavy atom. The second-order valence-corrected chi connectivity index (χ2v) is 3.83. The molecule has 16 heavy (non-hydrogen) atoms. The van der Waals surface area contributed by atoms with Gasteiger partial charge >= 0.3 is 0 Å². The molecule has 0 aliphatic carbocycles. The monoisotopic (exact) mass is 245 g/mol. The fourth-order valence-electron chi connectivity index (χ4n) is 1.26. The van der Waals surface area contributed by atoms with Gasteiger partial charge in [-0.25, -0.2) is 0 Å². The number of carbonyl (C=O) groups is 2. The third-order valence-corrected chi connectivity index (χ3v) is 2.26. The molecule has 92 valence electrons. The molecule has 5 nitrogen and oxygen atoms in total. The van der Waals surface area contributed by atoms with E-state index in [0.29, 0.717) is 26.1 Å². The molecule has 3 N–H and O–H groups in total. The predicted molar refractivity (Wildman–Crippen MR) is 67.0 cm³/mol. The van der Waals surface area contributed by atoms with E-state index < -0.39 is 0 Å². The highest BCUT2D eigenvalue weighted by Gasteiger charge is 2.09. The van der Waals surface area contributed by atoms with E-state index in [1.165, 1.54) is 0 Å². The zero-order chi connectivity index (χ0) is 12.6. The Hall–Kier alpha value is -1.17. The van der Waals surface area contributed by atoms with Crippen molar-refractivity contribution in [2.75, 3.05) is 19.6 Å². The predicted octanol–water partition coefficient (Wildman–Crippen LogP) is 0.0373. The number of hydrogen-bond acceptors (Lipinski definition) is 3. The molecule has 0 aromatic heterocycles. The van der Waals surface area contributed by atoms with Crippen molar-refractivity contribution < 1.29 is 9.59 Å². The first-order valence-corrected chi connectivity index (χ1v) is 5.74. The minimum atomic E-state index is -0.236. The molecule has 0 fully saturated rings. The lowest BCUT2D eigenvalue weighted by Gasteiger charge is -2.18. The molecular weight excluding hydrogens is 226 g/mol. The van der Waals surface area contributed by atoms with E-state index in [1.54, 1.807) is 4.90 Å². The van der Waals surface area contributed by atoms with Gasteiger partial charge in [-0.3, -0.25) is 9.59 Å². The molecule has 0 radical (unpaired) electrons. The Morgan fingerprint density at radius 1 is 1.31 bits per heavy atom. The van der Waals surface area contributed by atoms with Gasteiger partial charge in [0.1, 0.15) is 0 Å². The van der Waals surface area contributed by atoms with Crippen molar-refractivity contribution in [3.05, 3.63) is 0 Å². The number of rotatable bonds is 7.